The van der Waals surface area contributed by atoms with Crippen LogP contribution in [-0.4, -0.2) is 19.3 Å². The lowest BCUT2D eigenvalue weighted by Gasteiger charge is -2.17. The highest BCUT2D eigenvalue weighted by Gasteiger charge is 2.16. The average molecular weight is 240 g/mol. The molecule has 2 atom stereocenters. The third-order valence-corrected chi connectivity index (χ3v) is 3.26. The standard InChI is InChI=1S/C13H18ClNO/c1-10(11-4-2-5-12(14)8-11)15-9-13-6-3-7-16-13/h2,4-5,8,10,13,15H,3,6-7,9H2,1H3/t10-,13?/m0/s1. The summed E-state index contributed by atoms with van der Waals surface area (Å²) in [4.78, 5) is 0. The molecule has 1 aliphatic heterocycles. The van der Waals surface area contributed by atoms with Crippen LogP contribution in [0.2, 0.25) is 5.02 Å². The molecule has 88 valence electrons. The lowest BCUT2D eigenvalue weighted by molar-refractivity contribution is 0.108. The Morgan fingerprint density at radius 2 is 2.44 bits per heavy atom. The Kier molecular flexibility index (Phi) is 4.22. The van der Waals surface area contributed by atoms with Gasteiger partial charge in [0.1, 0.15) is 0 Å². The van der Waals surface area contributed by atoms with E-state index in [-0.39, 0.29) is 0 Å². The second-order valence-corrected chi connectivity index (χ2v) is 4.76. The van der Waals surface area contributed by atoms with E-state index in [0.717, 1.165) is 18.2 Å². The van der Waals surface area contributed by atoms with Crippen LogP contribution in [0.4, 0.5) is 0 Å². The molecule has 0 radical (unpaired) electrons. The summed E-state index contributed by atoms with van der Waals surface area (Å²) in [5, 5.41) is 4.28. The Morgan fingerprint density at radius 3 is 3.12 bits per heavy atom. The molecule has 1 saturated heterocycles. The summed E-state index contributed by atoms with van der Waals surface area (Å²) in [5.41, 5.74) is 1.23. The number of rotatable bonds is 4. The van der Waals surface area contributed by atoms with Gasteiger partial charge >= 0.3 is 0 Å². The number of benzene rings is 1. The van der Waals surface area contributed by atoms with Crippen LogP contribution < -0.4 is 5.32 Å². The van der Waals surface area contributed by atoms with Gasteiger partial charge in [0.25, 0.3) is 0 Å². The highest BCUT2D eigenvalue weighted by molar-refractivity contribution is 6.30. The van der Waals surface area contributed by atoms with Gasteiger partial charge in [-0.2, -0.15) is 0 Å². The van der Waals surface area contributed by atoms with Gasteiger partial charge in [-0.25, -0.2) is 0 Å². The Balaban J connectivity index is 1.85. The quantitative estimate of drug-likeness (QED) is 0.872. The zero-order valence-electron chi connectivity index (χ0n) is 9.58. The Bertz CT molecular complexity index is 336. The highest BCUT2D eigenvalue weighted by Crippen LogP contribution is 2.18. The molecule has 16 heavy (non-hydrogen) atoms. The van der Waals surface area contributed by atoms with Crippen LogP contribution in [-0.2, 0) is 4.74 Å². The minimum atomic E-state index is 0.322. The fourth-order valence-corrected chi connectivity index (χ4v) is 2.21. The molecule has 3 heteroatoms. The van der Waals surface area contributed by atoms with Crippen molar-refractivity contribution in [2.45, 2.75) is 31.9 Å². The first kappa shape index (κ1) is 11.9. The van der Waals surface area contributed by atoms with Crippen molar-refractivity contribution in [1.29, 1.82) is 0 Å². The number of hydrogen-bond donors (Lipinski definition) is 1. The summed E-state index contributed by atoms with van der Waals surface area (Å²) < 4.78 is 5.57. The van der Waals surface area contributed by atoms with Crippen LogP contribution in [0.3, 0.4) is 0 Å². The zero-order chi connectivity index (χ0) is 11.4. The maximum Gasteiger partial charge on any atom is 0.0700 e. The summed E-state index contributed by atoms with van der Waals surface area (Å²) in [6.07, 6.45) is 2.76. The van der Waals surface area contributed by atoms with Crippen molar-refractivity contribution < 1.29 is 4.74 Å². The molecule has 0 spiro atoms. The molecular weight excluding hydrogens is 222 g/mol. The third-order valence-electron chi connectivity index (χ3n) is 3.02. The van der Waals surface area contributed by atoms with E-state index < -0.39 is 0 Å². The van der Waals surface area contributed by atoms with Crippen LogP contribution in [0.15, 0.2) is 24.3 Å². The van der Waals surface area contributed by atoms with Crippen molar-refractivity contribution >= 4 is 11.6 Å². The van der Waals surface area contributed by atoms with Crippen LogP contribution in [0, 0.1) is 0 Å². The van der Waals surface area contributed by atoms with Crippen molar-refractivity contribution in [3.63, 3.8) is 0 Å². The lowest BCUT2D eigenvalue weighted by Crippen LogP contribution is -2.28. The van der Waals surface area contributed by atoms with Crippen LogP contribution in [0.25, 0.3) is 0 Å². The normalized spacial score (nSPS) is 22.2. The Labute approximate surface area is 102 Å². The minimum Gasteiger partial charge on any atom is -0.377 e. The first-order chi connectivity index (χ1) is 7.75. The SMILES string of the molecule is C[C@H](NCC1CCCO1)c1cccc(Cl)c1. The summed E-state index contributed by atoms with van der Waals surface area (Å²) in [6, 6.07) is 8.32. The zero-order valence-corrected chi connectivity index (χ0v) is 10.3. The van der Waals surface area contributed by atoms with E-state index in [2.05, 4.69) is 18.3 Å². The van der Waals surface area contributed by atoms with Gasteiger partial charge in [0, 0.05) is 24.2 Å². The molecule has 1 aromatic carbocycles. The van der Waals surface area contributed by atoms with Gasteiger partial charge in [0.2, 0.25) is 0 Å². The smallest absolute Gasteiger partial charge is 0.0700 e. The van der Waals surface area contributed by atoms with E-state index in [4.69, 9.17) is 16.3 Å². The van der Waals surface area contributed by atoms with E-state index in [1.54, 1.807) is 0 Å². The Morgan fingerprint density at radius 1 is 1.56 bits per heavy atom. The number of nitrogens with one attached hydrogen (secondary N) is 1. The van der Waals surface area contributed by atoms with Gasteiger partial charge in [-0.3, -0.25) is 0 Å². The van der Waals surface area contributed by atoms with Gasteiger partial charge in [0.05, 0.1) is 6.10 Å². The van der Waals surface area contributed by atoms with E-state index in [0.29, 0.717) is 12.1 Å². The maximum atomic E-state index is 5.96. The number of halogens is 1. The van der Waals surface area contributed by atoms with Crippen molar-refractivity contribution in [1.82, 2.24) is 5.32 Å². The van der Waals surface area contributed by atoms with E-state index in [1.165, 1.54) is 18.4 Å². The molecule has 1 unspecified atom stereocenters. The summed E-state index contributed by atoms with van der Waals surface area (Å²) in [5.74, 6) is 0. The molecule has 1 aromatic rings. The second-order valence-electron chi connectivity index (χ2n) is 4.32. The molecule has 0 aliphatic carbocycles. The summed E-state index contributed by atoms with van der Waals surface area (Å²) in [6.45, 7) is 3.99. The third kappa shape index (κ3) is 3.21. The molecule has 2 rings (SSSR count). The van der Waals surface area contributed by atoms with Crippen molar-refractivity contribution in [3.8, 4) is 0 Å². The molecular formula is C13H18ClNO. The second kappa shape index (κ2) is 5.67. The van der Waals surface area contributed by atoms with Crippen LogP contribution >= 0.6 is 11.6 Å². The van der Waals surface area contributed by atoms with Gasteiger partial charge in [-0.05, 0) is 37.5 Å². The lowest BCUT2D eigenvalue weighted by atomic mass is 10.1. The highest BCUT2D eigenvalue weighted by atomic mass is 35.5. The number of ether oxygens (including phenoxy) is 1. The van der Waals surface area contributed by atoms with Gasteiger partial charge in [-0.1, -0.05) is 23.7 Å². The van der Waals surface area contributed by atoms with Crippen molar-refractivity contribution in [3.05, 3.63) is 34.9 Å². The molecule has 0 amide bonds. The molecule has 0 saturated carbocycles. The monoisotopic (exact) mass is 239 g/mol. The first-order valence-electron chi connectivity index (χ1n) is 5.86. The van der Waals surface area contributed by atoms with Crippen molar-refractivity contribution in [2.75, 3.05) is 13.2 Å². The number of hydrogen-bond acceptors (Lipinski definition) is 2. The van der Waals surface area contributed by atoms with Gasteiger partial charge in [-0.15, -0.1) is 0 Å². The van der Waals surface area contributed by atoms with E-state index >= 15 is 0 Å². The van der Waals surface area contributed by atoms with Crippen molar-refractivity contribution in [2.24, 2.45) is 0 Å². The largest absolute Gasteiger partial charge is 0.377 e. The predicted octanol–water partition coefficient (Wildman–Crippen LogP) is 3.17. The fraction of sp³-hybridized carbons (Fsp3) is 0.538. The van der Waals surface area contributed by atoms with E-state index in [1.807, 2.05) is 18.2 Å². The summed E-state index contributed by atoms with van der Waals surface area (Å²) in [7, 11) is 0. The molecule has 0 aromatic heterocycles. The average Bonchev–Trinajstić information content (AvgIpc) is 2.78. The Hall–Kier alpha value is -0.570. The predicted molar refractivity (Wildman–Crippen MR) is 66.8 cm³/mol. The molecule has 1 aliphatic rings. The van der Waals surface area contributed by atoms with Gasteiger partial charge < -0.3 is 10.1 Å². The molecule has 2 nitrogen and oxygen atoms in total. The van der Waals surface area contributed by atoms with E-state index in [9.17, 15) is 0 Å². The fourth-order valence-electron chi connectivity index (χ4n) is 2.01. The molecule has 1 heterocycles. The molecule has 1 N–H and O–H groups in total. The van der Waals surface area contributed by atoms with Crippen LogP contribution in [0.1, 0.15) is 31.4 Å². The summed E-state index contributed by atoms with van der Waals surface area (Å²) >= 11 is 5.96. The van der Waals surface area contributed by atoms with Crippen LogP contribution in [0.5, 0.6) is 0 Å². The van der Waals surface area contributed by atoms with Gasteiger partial charge in [0.15, 0.2) is 0 Å². The minimum absolute atomic E-state index is 0.322. The molecule has 0 bridgehead atoms. The topological polar surface area (TPSA) is 21.3 Å². The first-order valence-corrected chi connectivity index (χ1v) is 6.24. The maximum absolute atomic E-state index is 5.96. The molecule has 1 fully saturated rings.